The van der Waals surface area contributed by atoms with E-state index in [1.807, 2.05) is 30.3 Å². The van der Waals surface area contributed by atoms with Crippen molar-refractivity contribution in [3.05, 3.63) is 30.3 Å². The van der Waals surface area contributed by atoms with Gasteiger partial charge < -0.3 is 9.64 Å². The van der Waals surface area contributed by atoms with Crippen molar-refractivity contribution < 1.29 is 19.1 Å². The van der Waals surface area contributed by atoms with Gasteiger partial charge in [-0.1, -0.05) is 18.2 Å². The van der Waals surface area contributed by atoms with Gasteiger partial charge in [-0.2, -0.15) is 4.90 Å². The van der Waals surface area contributed by atoms with Crippen LogP contribution in [0.3, 0.4) is 0 Å². The lowest BCUT2D eigenvalue weighted by Gasteiger charge is -2.27. The predicted octanol–water partition coefficient (Wildman–Crippen LogP) is 3.71. The van der Waals surface area contributed by atoms with Crippen LogP contribution in [-0.4, -0.2) is 44.8 Å². The van der Waals surface area contributed by atoms with Crippen LogP contribution in [0, 0.1) is 0 Å². The Morgan fingerprint density at radius 3 is 2.29 bits per heavy atom. The van der Waals surface area contributed by atoms with E-state index in [2.05, 4.69) is 0 Å². The smallest absolute Gasteiger partial charge is 0.425 e. The lowest BCUT2D eigenvalue weighted by molar-refractivity contribution is -0.131. The van der Waals surface area contributed by atoms with Crippen LogP contribution in [0.5, 0.6) is 0 Å². The molecule has 1 aliphatic heterocycles. The molecule has 7 heteroatoms. The van der Waals surface area contributed by atoms with E-state index in [1.54, 1.807) is 34.6 Å². The normalized spacial score (nSPS) is 17.4. The van der Waals surface area contributed by atoms with Gasteiger partial charge in [-0.3, -0.25) is 4.79 Å². The maximum atomic E-state index is 12.6. The highest BCUT2D eigenvalue weighted by Crippen LogP contribution is 2.32. The van der Waals surface area contributed by atoms with Crippen molar-refractivity contribution in [2.75, 3.05) is 5.88 Å². The minimum Gasteiger partial charge on any atom is -0.443 e. The molecule has 1 aromatic rings. The molecule has 0 saturated carbocycles. The van der Waals surface area contributed by atoms with Crippen LogP contribution in [0.15, 0.2) is 35.2 Å². The molecular weight excluding hydrogens is 328 g/mol. The summed E-state index contributed by atoms with van der Waals surface area (Å²) >= 11 is 1.43. The summed E-state index contributed by atoms with van der Waals surface area (Å²) in [6, 6.07) is 8.90. The number of amides is 4. The number of nitrogens with zero attached hydrogens (tertiary/aromatic N) is 2. The Bertz CT molecular complexity index is 652. The fourth-order valence-electron chi connectivity index (χ4n) is 2.18. The Hall–Kier alpha value is -2.02. The molecule has 4 amide bonds. The van der Waals surface area contributed by atoms with Gasteiger partial charge in [0.05, 0.1) is 5.88 Å². The molecule has 1 fully saturated rings. The van der Waals surface area contributed by atoms with Crippen molar-refractivity contribution >= 4 is 29.8 Å². The third kappa shape index (κ3) is 3.72. The van der Waals surface area contributed by atoms with Gasteiger partial charge in [0.15, 0.2) is 0 Å². The Labute approximate surface area is 146 Å². The van der Waals surface area contributed by atoms with E-state index in [0.717, 1.165) is 4.90 Å². The Balaban J connectivity index is 2.16. The summed E-state index contributed by atoms with van der Waals surface area (Å²) in [5, 5.41) is 0. The lowest BCUT2D eigenvalue weighted by atomic mass is 10.1. The maximum absolute atomic E-state index is 12.6. The van der Waals surface area contributed by atoms with Crippen LogP contribution < -0.4 is 0 Å². The van der Waals surface area contributed by atoms with Crippen molar-refractivity contribution in [2.45, 2.75) is 50.7 Å². The van der Waals surface area contributed by atoms with E-state index in [0.29, 0.717) is 4.90 Å². The molecule has 24 heavy (non-hydrogen) atoms. The lowest BCUT2D eigenvalue weighted by Crippen LogP contribution is -2.44. The van der Waals surface area contributed by atoms with Crippen molar-refractivity contribution in [2.24, 2.45) is 0 Å². The standard InChI is InChI=1S/C17H22N2O4S/c1-16(2,3)23-15(22)19-13(20)17(4,5)18(14(19)21)11-24-12-9-7-6-8-10-12/h6-10H,11H2,1-5H3. The quantitative estimate of drug-likeness (QED) is 0.614. The van der Waals surface area contributed by atoms with E-state index in [4.69, 9.17) is 4.74 Å². The van der Waals surface area contributed by atoms with Gasteiger partial charge in [-0.25, -0.2) is 9.59 Å². The summed E-state index contributed by atoms with van der Waals surface area (Å²) in [5.41, 5.74) is -1.89. The van der Waals surface area contributed by atoms with Crippen LogP contribution in [-0.2, 0) is 9.53 Å². The van der Waals surface area contributed by atoms with Gasteiger partial charge in [0.1, 0.15) is 11.1 Å². The summed E-state index contributed by atoms with van der Waals surface area (Å²) < 4.78 is 5.18. The van der Waals surface area contributed by atoms with Crippen molar-refractivity contribution in [3.8, 4) is 0 Å². The molecule has 1 aliphatic rings. The molecule has 1 heterocycles. The van der Waals surface area contributed by atoms with Crippen molar-refractivity contribution in [3.63, 3.8) is 0 Å². The number of carbonyl (C=O) groups is 3. The number of imide groups is 3. The molecule has 0 aromatic heterocycles. The largest absolute Gasteiger partial charge is 0.443 e. The predicted molar refractivity (Wildman–Crippen MR) is 91.6 cm³/mol. The highest BCUT2D eigenvalue weighted by Gasteiger charge is 2.54. The third-order valence-corrected chi connectivity index (χ3v) is 4.50. The molecule has 0 bridgehead atoms. The van der Waals surface area contributed by atoms with E-state index in [9.17, 15) is 14.4 Å². The second-order valence-corrected chi connectivity index (χ2v) is 8.00. The Morgan fingerprint density at radius 1 is 1.17 bits per heavy atom. The molecule has 6 nitrogen and oxygen atoms in total. The van der Waals surface area contributed by atoms with E-state index in [-0.39, 0.29) is 5.88 Å². The molecule has 0 radical (unpaired) electrons. The zero-order chi connectivity index (χ0) is 18.1. The average Bonchev–Trinajstić information content (AvgIpc) is 2.62. The summed E-state index contributed by atoms with van der Waals surface area (Å²) in [6.07, 6.45) is -0.933. The first-order valence-electron chi connectivity index (χ1n) is 7.61. The van der Waals surface area contributed by atoms with Gasteiger partial charge >= 0.3 is 12.1 Å². The van der Waals surface area contributed by atoms with E-state index in [1.165, 1.54) is 16.7 Å². The van der Waals surface area contributed by atoms with Gasteiger partial charge in [0.25, 0.3) is 5.91 Å². The first-order chi connectivity index (χ1) is 11.0. The SMILES string of the molecule is CC(C)(C)OC(=O)N1C(=O)N(CSc2ccccc2)C(C)(C)C1=O. The molecule has 1 saturated heterocycles. The number of hydrogen-bond acceptors (Lipinski definition) is 5. The number of carbonyl (C=O) groups excluding carboxylic acids is 3. The van der Waals surface area contributed by atoms with Gasteiger partial charge in [-0.05, 0) is 46.8 Å². The molecule has 130 valence electrons. The summed E-state index contributed by atoms with van der Waals surface area (Å²) in [7, 11) is 0. The van der Waals surface area contributed by atoms with Gasteiger partial charge in [-0.15, -0.1) is 11.8 Å². The van der Waals surface area contributed by atoms with Crippen molar-refractivity contribution in [1.82, 2.24) is 9.80 Å². The summed E-state index contributed by atoms with van der Waals surface area (Å²) in [5.74, 6) is -0.309. The number of hydrogen-bond donors (Lipinski definition) is 0. The Morgan fingerprint density at radius 2 is 1.75 bits per heavy atom. The number of thioether (sulfide) groups is 1. The number of ether oxygens (including phenoxy) is 1. The first kappa shape index (κ1) is 18.3. The maximum Gasteiger partial charge on any atom is 0.425 e. The number of rotatable bonds is 3. The molecule has 2 rings (SSSR count). The minimum atomic E-state index is -1.10. The second kappa shape index (κ2) is 6.47. The summed E-state index contributed by atoms with van der Waals surface area (Å²) in [4.78, 5) is 40.3. The van der Waals surface area contributed by atoms with Crippen LogP contribution in [0.4, 0.5) is 9.59 Å². The van der Waals surface area contributed by atoms with E-state index >= 15 is 0 Å². The van der Waals surface area contributed by atoms with E-state index < -0.39 is 29.2 Å². The topological polar surface area (TPSA) is 66.9 Å². The van der Waals surface area contributed by atoms with Crippen LogP contribution in [0.25, 0.3) is 0 Å². The number of urea groups is 1. The third-order valence-electron chi connectivity index (χ3n) is 3.50. The zero-order valence-electron chi connectivity index (χ0n) is 14.5. The highest BCUT2D eigenvalue weighted by molar-refractivity contribution is 7.99. The molecule has 0 unspecified atom stereocenters. The second-order valence-electron chi connectivity index (χ2n) is 6.98. The zero-order valence-corrected chi connectivity index (χ0v) is 15.3. The number of benzene rings is 1. The van der Waals surface area contributed by atoms with Crippen LogP contribution in [0.2, 0.25) is 0 Å². The molecule has 1 aromatic carbocycles. The van der Waals surface area contributed by atoms with Crippen LogP contribution >= 0.6 is 11.8 Å². The first-order valence-corrected chi connectivity index (χ1v) is 8.59. The average molecular weight is 350 g/mol. The van der Waals surface area contributed by atoms with Crippen LogP contribution in [0.1, 0.15) is 34.6 Å². The van der Waals surface area contributed by atoms with Gasteiger partial charge in [0, 0.05) is 4.90 Å². The molecule has 0 N–H and O–H groups in total. The highest BCUT2D eigenvalue weighted by atomic mass is 32.2. The minimum absolute atomic E-state index is 0.265. The molecule has 0 spiro atoms. The fraction of sp³-hybridized carbons (Fsp3) is 0.471. The molecule has 0 atom stereocenters. The molecule has 0 aliphatic carbocycles. The fourth-order valence-corrected chi connectivity index (χ4v) is 3.24. The van der Waals surface area contributed by atoms with Gasteiger partial charge in [0.2, 0.25) is 0 Å². The monoisotopic (exact) mass is 350 g/mol. The van der Waals surface area contributed by atoms with Crippen molar-refractivity contribution in [1.29, 1.82) is 0 Å². The Kier molecular flexibility index (Phi) is 4.94. The summed E-state index contributed by atoms with van der Waals surface area (Å²) in [6.45, 7) is 8.31. The molecular formula is C17H22N2O4S.